The number of hydrogen-bond acceptors (Lipinski definition) is 3. The van der Waals surface area contributed by atoms with Gasteiger partial charge in [-0.05, 0) is 12.8 Å². The number of carbonyl (C=O) groups is 2. The highest BCUT2D eigenvalue weighted by molar-refractivity contribution is 5.82. The maximum Gasteiger partial charge on any atom is 0.326 e. The molecule has 0 aromatic heterocycles. The third kappa shape index (κ3) is 5.35. The number of nitrogens with zero attached hydrogens (tertiary/aromatic N) is 2. The molecule has 18 heavy (non-hydrogen) atoms. The summed E-state index contributed by atoms with van der Waals surface area (Å²) in [5.41, 5.74) is 0. The fourth-order valence-corrected chi connectivity index (χ4v) is 1.46. The maximum absolute atomic E-state index is 12.2. The van der Waals surface area contributed by atoms with E-state index in [0.717, 1.165) is 0 Å². The second-order valence-electron chi connectivity index (χ2n) is 4.74. The van der Waals surface area contributed by atoms with Crippen LogP contribution in [0.4, 0.5) is 4.79 Å². The molecule has 1 N–H and O–H groups in total. The molecule has 0 radical (unpaired) electrons. The number of amides is 2. The molecule has 1 unspecified atom stereocenters. The molecule has 0 heterocycles. The Kier molecular flexibility index (Phi) is 7.35. The van der Waals surface area contributed by atoms with Crippen molar-refractivity contribution in [2.45, 2.75) is 26.8 Å². The number of carbonyl (C=O) groups excluding carboxylic acids is 1. The Bertz CT molecular complexity index is 281. The first-order valence-electron chi connectivity index (χ1n) is 6.04. The number of ether oxygens (including phenoxy) is 1. The Morgan fingerprint density at radius 3 is 2.22 bits per heavy atom. The minimum atomic E-state index is -1.01. The third-order valence-electron chi connectivity index (χ3n) is 2.66. The van der Waals surface area contributed by atoms with E-state index in [2.05, 4.69) is 0 Å². The first-order chi connectivity index (χ1) is 8.31. The van der Waals surface area contributed by atoms with Crippen LogP contribution in [0.5, 0.6) is 0 Å². The zero-order valence-corrected chi connectivity index (χ0v) is 11.8. The maximum atomic E-state index is 12.2. The summed E-state index contributed by atoms with van der Waals surface area (Å²) in [4.78, 5) is 25.9. The van der Waals surface area contributed by atoms with Crippen LogP contribution in [0.2, 0.25) is 0 Å². The predicted octanol–water partition coefficient (Wildman–Crippen LogP) is 1.12. The van der Waals surface area contributed by atoms with Crippen LogP contribution in [0.1, 0.15) is 20.8 Å². The molecule has 0 bridgehead atoms. The molecule has 6 nitrogen and oxygen atoms in total. The van der Waals surface area contributed by atoms with Gasteiger partial charge in [0.1, 0.15) is 6.04 Å². The monoisotopic (exact) mass is 260 g/mol. The zero-order valence-electron chi connectivity index (χ0n) is 11.8. The van der Waals surface area contributed by atoms with Gasteiger partial charge in [0.05, 0.1) is 6.61 Å². The molecule has 0 saturated carbocycles. The fourth-order valence-electron chi connectivity index (χ4n) is 1.46. The van der Waals surface area contributed by atoms with Crippen LogP contribution in [0.15, 0.2) is 0 Å². The number of methoxy groups -OCH3 is 1. The van der Waals surface area contributed by atoms with Crippen molar-refractivity contribution in [1.82, 2.24) is 9.80 Å². The van der Waals surface area contributed by atoms with Gasteiger partial charge in [-0.2, -0.15) is 0 Å². The molecule has 1 atom stereocenters. The average Bonchev–Trinajstić information content (AvgIpc) is 2.30. The van der Waals surface area contributed by atoms with E-state index in [9.17, 15) is 9.59 Å². The predicted molar refractivity (Wildman–Crippen MR) is 68.5 cm³/mol. The van der Waals surface area contributed by atoms with Gasteiger partial charge in [0.15, 0.2) is 0 Å². The van der Waals surface area contributed by atoms with Crippen molar-refractivity contribution in [2.75, 3.05) is 33.9 Å². The molecule has 6 heteroatoms. The quantitative estimate of drug-likeness (QED) is 0.744. The van der Waals surface area contributed by atoms with Crippen LogP contribution in [0, 0.1) is 5.92 Å². The Balaban J connectivity index is 4.66. The SMILES string of the molecule is COCCN(CC(C)C)C(=O)N(C)C(C)C(=O)O. The van der Waals surface area contributed by atoms with Gasteiger partial charge >= 0.3 is 12.0 Å². The lowest BCUT2D eigenvalue weighted by atomic mass is 10.2. The van der Waals surface area contributed by atoms with Crippen LogP contribution in [0.25, 0.3) is 0 Å². The summed E-state index contributed by atoms with van der Waals surface area (Å²) in [5, 5.41) is 8.90. The lowest BCUT2D eigenvalue weighted by Gasteiger charge is -2.31. The summed E-state index contributed by atoms with van der Waals surface area (Å²) in [6.45, 7) is 6.99. The molecular formula is C12H24N2O4. The highest BCUT2D eigenvalue weighted by atomic mass is 16.5. The molecular weight excluding hydrogens is 236 g/mol. The minimum absolute atomic E-state index is 0.282. The van der Waals surface area contributed by atoms with Gasteiger partial charge in [0.25, 0.3) is 0 Å². The number of carboxylic acid groups (broad SMARTS) is 1. The van der Waals surface area contributed by atoms with E-state index in [-0.39, 0.29) is 6.03 Å². The van der Waals surface area contributed by atoms with Crippen LogP contribution in [-0.4, -0.2) is 66.8 Å². The molecule has 0 aliphatic heterocycles. The van der Waals surface area contributed by atoms with Gasteiger partial charge in [0.2, 0.25) is 0 Å². The topological polar surface area (TPSA) is 70.1 Å². The zero-order chi connectivity index (χ0) is 14.3. The molecule has 0 spiro atoms. The molecule has 0 aliphatic rings. The van der Waals surface area contributed by atoms with Crippen molar-refractivity contribution in [1.29, 1.82) is 0 Å². The van der Waals surface area contributed by atoms with Crippen LogP contribution in [-0.2, 0) is 9.53 Å². The smallest absolute Gasteiger partial charge is 0.326 e. The highest BCUT2D eigenvalue weighted by Crippen LogP contribution is 2.06. The molecule has 0 aromatic rings. The van der Waals surface area contributed by atoms with E-state index in [4.69, 9.17) is 9.84 Å². The van der Waals surface area contributed by atoms with E-state index in [0.29, 0.717) is 25.6 Å². The summed E-state index contributed by atoms with van der Waals surface area (Å²) in [6.07, 6.45) is 0. The van der Waals surface area contributed by atoms with Crippen LogP contribution < -0.4 is 0 Å². The van der Waals surface area contributed by atoms with Crippen molar-refractivity contribution in [3.8, 4) is 0 Å². The van der Waals surface area contributed by atoms with Gasteiger partial charge in [0, 0.05) is 27.2 Å². The van der Waals surface area contributed by atoms with E-state index >= 15 is 0 Å². The molecule has 2 amide bonds. The van der Waals surface area contributed by atoms with Crippen molar-refractivity contribution >= 4 is 12.0 Å². The van der Waals surface area contributed by atoms with Crippen molar-refractivity contribution in [3.05, 3.63) is 0 Å². The second-order valence-corrected chi connectivity index (χ2v) is 4.74. The molecule has 106 valence electrons. The van der Waals surface area contributed by atoms with Crippen LogP contribution in [0.3, 0.4) is 0 Å². The van der Waals surface area contributed by atoms with E-state index in [1.54, 1.807) is 12.0 Å². The lowest BCUT2D eigenvalue weighted by Crippen LogP contribution is -2.49. The summed E-state index contributed by atoms with van der Waals surface area (Å²) in [5.74, 6) is -0.693. The first-order valence-corrected chi connectivity index (χ1v) is 6.04. The van der Waals surface area contributed by atoms with Crippen molar-refractivity contribution < 1.29 is 19.4 Å². The van der Waals surface area contributed by atoms with Gasteiger partial charge in [-0.3, -0.25) is 0 Å². The van der Waals surface area contributed by atoms with E-state index < -0.39 is 12.0 Å². The Morgan fingerprint density at radius 1 is 1.28 bits per heavy atom. The van der Waals surface area contributed by atoms with E-state index in [1.165, 1.54) is 18.9 Å². The number of aliphatic carboxylic acids is 1. The Morgan fingerprint density at radius 2 is 1.83 bits per heavy atom. The van der Waals surface area contributed by atoms with Gasteiger partial charge < -0.3 is 19.6 Å². The minimum Gasteiger partial charge on any atom is -0.480 e. The summed E-state index contributed by atoms with van der Waals surface area (Å²) < 4.78 is 4.96. The Hall–Kier alpha value is -1.30. The summed E-state index contributed by atoms with van der Waals surface area (Å²) in [7, 11) is 3.07. The van der Waals surface area contributed by atoms with Crippen LogP contribution >= 0.6 is 0 Å². The summed E-state index contributed by atoms with van der Waals surface area (Å²) >= 11 is 0. The van der Waals surface area contributed by atoms with Gasteiger partial charge in [-0.25, -0.2) is 9.59 Å². The molecule has 0 saturated heterocycles. The van der Waals surface area contributed by atoms with Gasteiger partial charge in [-0.1, -0.05) is 13.8 Å². The van der Waals surface area contributed by atoms with Gasteiger partial charge in [-0.15, -0.1) is 0 Å². The molecule has 0 aliphatic carbocycles. The normalized spacial score (nSPS) is 12.3. The van der Waals surface area contributed by atoms with E-state index in [1.807, 2.05) is 13.8 Å². The number of likely N-dealkylation sites (N-methyl/N-ethyl adjacent to an activating group) is 1. The standard InChI is InChI=1S/C12H24N2O4/c1-9(2)8-14(6-7-18-5)12(17)13(4)10(3)11(15)16/h9-10H,6-8H2,1-5H3,(H,15,16). The number of hydrogen-bond donors (Lipinski definition) is 1. The third-order valence-corrected chi connectivity index (χ3v) is 2.66. The summed E-state index contributed by atoms with van der Waals surface area (Å²) in [6, 6.07) is -1.12. The fraction of sp³-hybridized carbons (Fsp3) is 0.833. The average molecular weight is 260 g/mol. The number of carboxylic acids is 1. The van der Waals surface area contributed by atoms with Crippen molar-refractivity contribution in [2.24, 2.45) is 5.92 Å². The number of rotatable bonds is 7. The second kappa shape index (κ2) is 7.92. The molecule has 0 fully saturated rings. The molecule has 0 rings (SSSR count). The lowest BCUT2D eigenvalue weighted by molar-refractivity contribution is -0.141. The largest absolute Gasteiger partial charge is 0.480 e. The first kappa shape index (κ1) is 16.7. The van der Waals surface area contributed by atoms with Crippen molar-refractivity contribution in [3.63, 3.8) is 0 Å². The molecule has 0 aromatic carbocycles. The Labute approximate surface area is 109 Å². The highest BCUT2D eigenvalue weighted by Gasteiger charge is 2.26. The number of urea groups is 1.